The summed E-state index contributed by atoms with van der Waals surface area (Å²) in [7, 11) is 0. The van der Waals surface area contributed by atoms with Gasteiger partial charge >= 0.3 is 5.97 Å². The van der Waals surface area contributed by atoms with Crippen LogP contribution < -0.4 is 0 Å². The van der Waals surface area contributed by atoms with Crippen molar-refractivity contribution in [1.82, 2.24) is 0 Å². The van der Waals surface area contributed by atoms with E-state index in [1.165, 1.54) is 6.92 Å². The fourth-order valence-electron chi connectivity index (χ4n) is 1.33. The number of ether oxygens (including phenoxy) is 1. The highest BCUT2D eigenvalue weighted by molar-refractivity contribution is 5.81. The SMILES string of the molecule is CC[C@H]1OC(=O)C(C)(F)C1C. The molecule has 64 valence electrons. The van der Waals surface area contributed by atoms with Gasteiger partial charge in [-0.25, -0.2) is 9.18 Å². The van der Waals surface area contributed by atoms with Crippen molar-refractivity contribution in [3.8, 4) is 0 Å². The monoisotopic (exact) mass is 160 g/mol. The van der Waals surface area contributed by atoms with Crippen molar-refractivity contribution in [2.75, 3.05) is 0 Å². The molecule has 3 atom stereocenters. The van der Waals surface area contributed by atoms with E-state index in [1.54, 1.807) is 6.92 Å². The van der Waals surface area contributed by atoms with Crippen LogP contribution in [0.2, 0.25) is 0 Å². The Morgan fingerprint density at radius 2 is 2.27 bits per heavy atom. The van der Waals surface area contributed by atoms with E-state index in [-0.39, 0.29) is 12.0 Å². The van der Waals surface area contributed by atoms with Gasteiger partial charge in [0, 0.05) is 5.92 Å². The van der Waals surface area contributed by atoms with E-state index in [0.29, 0.717) is 6.42 Å². The molecule has 2 unspecified atom stereocenters. The molecular weight excluding hydrogens is 147 g/mol. The van der Waals surface area contributed by atoms with Crippen molar-refractivity contribution in [3.05, 3.63) is 0 Å². The molecule has 11 heavy (non-hydrogen) atoms. The summed E-state index contributed by atoms with van der Waals surface area (Å²) in [6, 6.07) is 0. The molecule has 0 N–H and O–H groups in total. The van der Waals surface area contributed by atoms with Crippen LogP contribution >= 0.6 is 0 Å². The highest BCUT2D eigenvalue weighted by atomic mass is 19.1. The van der Waals surface area contributed by atoms with Gasteiger partial charge in [-0.3, -0.25) is 0 Å². The molecule has 1 fully saturated rings. The molecule has 1 saturated heterocycles. The fourth-order valence-corrected chi connectivity index (χ4v) is 1.33. The van der Waals surface area contributed by atoms with Gasteiger partial charge in [-0.1, -0.05) is 13.8 Å². The Labute approximate surface area is 65.7 Å². The van der Waals surface area contributed by atoms with Gasteiger partial charge in [0.2, 0.25) is 5.67 Å². The van der Waals surface area contributed by atoms with Gasteiger partial charge in [0.25, 0.3) is 0 Å². The minimum absolute atomic E-state index is 0.238. The van der Waals surface area contributed by atoms with Crippen molar-refractivity contribution in [2.45, 2.75) is 39.0 Å². The van der Waals surface area contributed by atoms with Gasteiger partial charge in [0.15, 0.2) is 0 Å². The van der Waals surface area contributed by atoms with Crippen LogP contribution in [0.3, 0.4) is 0 Å². The van der Waals surface area contributed by atoms with Crippen LogP contribution in [0.15, 0.2) is 0 Å². The summed E-state index contributed by atoms with van der Waals surface area (Å²) < 4.78 is 18.2. The number of esters is 1. The third kappa shape index (κ3) is 1.12. The Kier molecular flexibility index (Phi) is 1.90. The molecule has 0 aromatic carbocycles. The van der Waals surface area contributed by atoms with Gasteiger partial charge in [0.05, 0.1) is 0 Å². The molecule has 0 spiro atoms. The molecule has 0 radical (unpaired) electrons. The first-order chi connectivity index (χ1) is 5.00. The van der Waals surface area contributed by atoms with Crippen LogP contribution in [0.5, 0.6) is 0 Å². The van der Waals surface area contributed by atoms with E-state index in [9.17, 15) is 9.18 Å². The number of cyclic esters (lactones) is 1. The number of halogens is 1. The number of carbonyl (C=O) groups is 1. The summed E-state index contributed by atoms with van der Waals surface area (Å²) in [5.41, 5.74) is -1.78. The van der Waals surface area contributed by atoms with Crippen molar-refractivity contribution in [1.29, 1.82) is 0 Å². The van der Waals surface area contributed by atoms with E-state index in [1.807, 2.05) is 6.92 Å². The Hall–Kier alpha value is -0.600. The molecule has 0 bridgehead atoms. The zero-order chi connectivity index (χ0) is 8.65. The predicted octanol–water partition coefficient (Wildman–Crippen LogP) is 1.69. The standard InChI is InChI=1S/C8H13FO2/c1-4-6-5(2)8(3,9)7(10)11-6/h5-6H,4H2,1-3H3/t5?,6-,8?/m1/s1. The average Bonchev–Trinajstić information content (AvgIpc) is 2.14. The van der Waals surface area contributed by atoms with Crippen LogP contribution in [-0.4, -0.2) is 17.7 Å². The zero-order valence-electron chi connectivity index (χ0n) is 7.06. The highest BCUT2D eigenvalue weighted by Crippen LogP contribution is 2.36. The lowest BCUT2D eigenvalue weighted by molar-refractivity contribution is -0.149. The van der Waals surface area contributed by atoms with Crippen LogP contribution in [-0.2, 0) is 9.53 Å². The molecule has 2 nitrogen and oxygen atoms in total. The Balaban J connectivity index is 2.80. The van der Waals surface area contributed by atoms with Gasteiger partial charge in [-0.15, -0.1) is 0 Å². The summed E-state index contributed by atoms with van der Waals surface area (Å²) in [6.45, 7) is 4.88. The average molecular weight is 160 g/mol. The van der Waals surface area contributed by atoms with Crippen LogP contribution in [0.4, 0.5) is 4.39 Å². The summed E-state index contributed by atoms with van der Waals surface area (Å²) >= 11 is 0. The van der Waals surface area contributed by atoms with Crippen molar-refractivity contribution in [3.63, 3.8) is 0 Å². The van der Waals surface area contributed by atoms with E-state index in [2.05, 4.69) is 0 Å². The second kappa shape index (κ2) is 2.47. The molecule has 1 aliphatic rings. The summed E-state index contributed by atoms with van der Waals surface area (Å²) in [5.74, 6) is -1.03. The van der Waals surface area contributed by atoms with E-state index in [4.69, 9.17) is 4.74 Å². The Morgan fingerprint density at radius 1 is 1.73 bits per heavy atom. The van der Waals surface area contributed by atoms with Crippen molar-refractivity contribution < 1.29 is 13.9 Å². The number of carbonyl (C=O) groups excluding carboxylic acids is 1. The first-order valence-electron chi connectivity index (χ1n) is 3.90. The maximum atomic E-state index is 13.4. The number of alkyl halides is 1. The largest absolute Gasteiger partial charge is 0.460 e. The maximum Gasteiger partial charge on any atom is 0.344 e. The molecule has 3 heteroatoms. The highest BCUT2D eigenvalue weighted by Gasteiger charge is 2.51. The van der Waals surface area contributed by atoms with E-state index >= 15 is 0 Å². The lowest BCUT2D eigenvalue weighted by atomic mass is 9.90. The number of hydrogen-bond donors (Lipinski definition) is 0. The number of rotatable bonds is 1. The minimum Gasteiger partial charge on any atom is -0.460 e. The number of hydrogen-bond acceptors (Lipinski definition) is 2. The molecule has 0 saturated carbocycles. The lowest BCUT2D eigenvalue weighted by Crippen LogP contribution is -2.31. The molecule has 1 rings (SSSR count). The van der Waals surface area contributed by atoms with Crippen LogP contribution in [0.1, 0.15) is 27.2 Å². The van der Waals surface area contributed by atoms with Gasteiger partial charge in [-0.05, 0) is 13.3 Å². The quantitative estimate of drug-likeness (QED) is 0.545. The maximum absolute atomic E-state index is 13.4. The minimum atomic E-state index is -1.78. The van der Waals surface area contributed by atoms with Crippen LogP contribution in [0, 0.1) is 5.92 Å². The second-order valence-corrected chi connectivity index (χ2v) is 3.22. The molecule has 0 aliphatic carbocycles. The van der Waals surface area contributed by atoms with Gasteiger partial charge in [-0.2, -0.15) is 0 Å². The van der Waals surface area contributed by atoms with Gasteiger partial charge < -0.3 is 4.74 Å². The molecule has 1 heterocycles. The summed E-state index contributed by atoms with van der Waals surface area (Å²) in [4.78, 5) is 10.9. The third-order valence-electron chi connectivity index (χ3n) is 2.47. The molecule has 0 aromatic rings. The smallest absolute Gasteiger partial charge is 0.344 e. The molecule has 0 aromatic heterocycles. The lowest BCUT2D eigenvalue weighted by Gasteiger charge is -2.15. The zero-order valence-corrected chi connectivity index (χ0v) is 7.06. The molecule has 0 amide bonds. The second-order valence-electron chi connectivity index (χ2n) is 3.22. The molecular formula is C8H13FO2. The Morgan fingerprint density at radius 3 is 2.45 bits per heavy atom. The van der Waals surface area contributed by atoms with Crippen molar-refractivity contribution >= 4 is 5.97 Å². The summed E-state index contributed by atoms with van der Waals surface area (Å²) in [6.07, 6.45) is 0.448. The van der Waals surface area contributed by atoms with Crippen LogP contribution in [0.25, 0.3) is 0 Å². The topological polar surface area (TPSA) is 26.3 Å². The van der Waals surface area contributed by atoms with E-state index in [0.717, 1.165) is 0 Å². The first kappa shape index (κ1) is 8.50. The third-order valence-corrected chi connectivity index (χ3v) is 2.47. The van der Waals surface area contributed by atoms with Gasteiger partial charge in [0.1, 0.15) is 6.10 Å². The first-order valence-corrected chi connectivity index (χ1v) is 3.90. The van der Waals surface area contributed by atoms with Crippen molar-refractivity contribution in [2.24, 2.45) is 5.92 Å². The van der Waals surface area contributed by atoms with E-state index < -0.39 is 11.6 Å². The molecule has 1 aliphatic heterocycles. The summed E-state index contributed by atoms with van der Waals surface area (Å²) in [5, 5.41) is 0. The fraction of sp³-hybridized carbons (Fsp3) is 0.875. The predicted molar refractivity (Wildman–Crippen MR) is 38.8 cm³/mol. The Bertz CT molecular complexity index is 177. The normalized spacial score (nSPS) is 44.2.